The molecule has 3 N–H and O–H groups in total. The van der Waals surface area contributed by atoms with Crippen LogP contribution in [0, 0.1) is 6.08 Å². The average molecular weight is 574 g/mol. The Balaban J connectivity index is 1.93. The number of rotatable bonds is 8. The molecular weight excluding hydrogens is 546 g/mol. The molecule has 0 fully saturated rings. The summed E-state index contributed by atoms with van der Waals surface area (Å²) >= 11 is 2.24. The number of sulfonamides is 1. The van der Waals surface area contributed by atoms with Crippen molar-refractivity contribution >= 4 is 49.6 Å². The minimum Gasteiger partial charge on any atom is -0.382 e. The van der Waals surface area contributed by atoms with Gasteiger partial charge in [-0.1, -0.05) is 18.2 Å². The molecule has 0 unspecified atom stereocenters. The summed E-state index contributed by atoms with van der Waals surface area (Å²) in [6, 6.07) is 0. The summed E-state index contributed by atoms with van der Waals surface area (Å²) in [5, 5.41) is 0. The Morgan fingerprint density at radius 3 is 2.72 bits per heavy atom. The molecular formula is C21H28FIN6O2S. The number of fused-ring (bicyclic) bond motifs is 1. The second-order valence-electron chi connectivity index (χ2n) is 8.84. The van der Waals surface area contributed by atoms with Gasteiger partial charge in [0, 0.05) is 22.1 Å². The maximum Gasteiger partial charge on any atom is 0.312 e. The Hall–Kier alpha value is -1.86. The van der Waals surface area contributed by atoms with E-state index in [1.807, 2.05) is 0 Å². The van der Waals surface area contributed by atoms with Crippen LogP contribution in [0.15, 0.2) is 33.5 Å². The highest BCUT2D eigenvalue weighted by Gasteiger charge is 2.23. The predicted molar refractivity (Wildman–Crippen MR) is 133 cm³/mol. The quantitative estimate of drug-likeness (QED) is 0.282. The monoisotopic (exact) mass is 574 g/mol. The van der Waals surface area contributed by atoms with Crippen LogP contribution >= 0.6 is 22.6 Å². The van der Waals surface area contributed by atoms with Crippen LogP contribution in [0.5, 0.6) is 0 Å². The zero-order valence-electron chi connectivity index (χ0n) is 18.5. The first-order chi connectivity index (χ1) is 14.8. The second kappa shape index (κ2) is 9.56. The molecule has 0 saturated heterocycles. The number of anilines is 1. The third kappa shape index (κ3) is 6.35. The smallest absolute Gasteiger partial charge is 0.312 e. The molecule has 0 saturated carbocycles. The van der Waals surface area contributed by atoms with Crippen molar-refractivity contribution in [3.05, 3.63) is 45.4 Å². The Morgan fingerprint density at radius 2 is 2.09 bits per heavy atom. The standard InChI is InChI=1S/C21H28FIN6O2S/c1-13(15(23)12-14-7-5-6-8-14)11-16-25-17-18(24)26-20(22)27-19(17)29(16)9-10-32(30,31)28-21(2,3)4/h7,12,28H,1,5-6,8-11H2,2-4H3,(H2,24,26,27)/b15-12+. The van der Waals surface area contributed by atoms with Crippen molar-refractivity contribution in [1.82, 2.24) is 24.2 Å². The van der Waals surface area contributed by atoms with Gasteiger partial charge in [-0.05, 0) is 74.3 Å². The first-order valence-electron chi connectivity index (χ1n) is 10.3. The third-order valence-electron chi connectivity index (χ3n) is 4.82. The molecule has 2 aromatic heterocycles. The normalized spacial score (nSPS) is 15.4. The second-order valence-corrected chi connectivity index (χ2v) is 11.8. The largest absolute Gasteiger partial charge is 0.382 e. The van der Waals surface area contributed by atoms with Gasteiger partial charge in [-0.15, -0.1) is 0 Å². The molecule has 0 atom stereocenters. The summed E-state index contributed by atoms with van der Waals surface area (Å²) in [6.45, 7) is 9.51. The molecule has 0 radical (unpaired) electrons. The van der Waals surface area contributed by atoms with Gasteiger partial charge in [0.1, 0.15) is 5.82 Å². The Morgan fingerprint density at radius 1 is 1.38 bits per heavy atom. The number of imidazole rings is 1. The van der Waals surface area contributed by atoms with E-state index in [4.69, 9.17) is 5.73 Å². The van der Waals surface area contributed by atoms with Gasteiger partial charge in [0.25, 0.3) is 0 Å². The van der Waals surface area contributed by atoms with E-state index in [-0.39, 0.29) is 29.3 Å². The van der Waals surface area contributed by atoms with Gasteiger partial charge >= 0.3 is 6.08 Å². The minimum absolute atomic E-state index is 0.0336. The Kier molecular flexibility index (Phi) is 7.40. The van der Waals surface area contributed by atoms with E-state index in [0.717, 1.165) is 28.4 Å². The fourth-order valence-corrected chi connectivity index (χ4v) is 5.55. The molecule has 2 heterocycles. The van der Waals surface area contributed by atoms with Gasteiger partial charge in [-0.2, -0.15) is 14.4 Å². The molecule has 0 amide bonds. The van der Waals surface area contributed by atoms with Crippen molar-refractivity contribution < 1.29 is 12.8 Å². The van der Waals surface area contributed by atoms with E-state index >= 15 is 0 Å². The lowest BCUT2D eigenvalue weighted by Crippen LogP contribution is -2.42. The maximum atomic E-state index is 13.9. The van der Waals surface area contributed by atoms with Gasteiger partial charge in [0.15, 0.2) is 17.0 Å². The average Bonchev–Trinajstić information content (AvgIpc) is 3.26. The van der Waals surface area contributed by atoms with Gasteiger partial charge in [-0.25, -0.2) is 18.1 Å². The minimum atomic E-state index is -3.59. The van der Waals surface area contributed by atoms with Crippen molar-refractivity contribution in [3.63, 3.8) is 0 Å². The van der Waals surface area contributed by atoms with Crippen LogP contribution in [0.25, 0.3) is 11.2 Å². The van der Waals surface area contributed by atoms with E-state index in [9.17, 15) is 12.8 Å². The van der Waals surface area contributed by atoms with E-state index in [1.165, 1.54) is 5.57 Å². The van der Waals surface area contributed by atoms with Crippen molar-refractivity contribution in [2.75, 3.05) is 11.5 Å². The van der Waals surface area contributed by atoms with Crippen LogP contribution in [-0.2, 0) is 23.0 Å². The number of nitrogens with two attached hydrogens (primary N) is 1. The maximum absolute atomic E-state index is 13.9. The van der Waals surface area contributed by atoms with E-state index in [1.54, 1.807) is 25.3 Å². The fraction of sp³-hybridized carbons (Fsp3) is 0.476. The van der Waals surface area contributed by atoms with E-state index in [0.29, 0.717) is 12.2 Å². The van der Waals surface area contributed by atoms with Crippen molar-refractivity contribution in [3.8, 4) is 0 Å². The van der Waals surface area contributed by atoms with Crippen LogP contribution in [0.1, 0.15) is 45.9 Å². The Bertz CT molecular complexity index is 1210. The number of allylic oxidation sites excluding steroid dienone is 5. The Labute approximate surface area is 201 Å². The van der Waals surface area contributed by atoms with Crippen molar-refractivity contribution in [1.29, 1.82) is 0 Å². The summed E-state index contributed by atoms with van der Waals surface area (Å²) in [7, 11) is -3.59. The first-order valence-corrected chi connectivity index (χ1v) is 13.0. The molecule has 1 aliphatic rings. The van der Waals surface area contributed by atoms with Crippen LogP contribution in [0.4, 0.5) is 10.2 Å². The molecule has 0 aliphatic heterocycles. The van der Waals surface area contributed by atoms with Crippen LogP contribution in [0.2, 0.25) is 0 Å². The number of nitrogens with one attached hydrogen (secondary N) is 1. The van der Waals surface area contributed by atoms with Crippen molar-refractivity contribution in [2.24, 2.45) is 0 Å². The number of hydrogen-bond acceptors (Lipinski definition) is 6. The van der Waals surface area contributed by atoms with E-state index < -0.39 is 21.6 Å². The molecule has 1 aliphatic carbocycles. The SMILES string of the molecule is C=C(Cc1nc2c(N)nc(F)nc2n1CCS(=O)(=O)NC(C)(C)C)/C(I)=C\C1=CCCC1. The number of hydrogen-bond donors (Lipinski definition) is 2. The highest BCUT2D eigenvalue weighted by molar-refractivity contribution is 14.1. The number of halogens is 2. The molecule has 174 valence electrons. The lowest BCUT2D eigenvalue weighted by Gasteiger charge is -2.20. The first kappa shape index (κ1) is 24.8. The summed E-state index contributed by atoms with van der Waals surface area (Å²) in [5.74, 6) is 0.196. The number of aryl methyl sites for hydroxylation is 1. The number of nitrogen functional groups attached to an aromatic ring is 1. The van der Waals surface area contributed by atoms with E-state index in [2.05, 4.69) is 61.0 Å². The third-order valence-corrected chi connectivity index (χ3v) is 7.53. The van der Waals surface area contributed by atoms with Gasteiger partial charge < -0.3 is 10.3 Å². The highest BCUT2D eigenvalue weighted by atomic mass is 127. The number of aromatic nitrogens is 4. The molecule has 2 aromatic rings. The fourth-order valence-electron chi connectivity index (χ4n) is 3.51. The van der Waals surface area contributed by atoms with Crippen LogP contribution < -0.4 is 10.5 Å². The molecule has 3 rings (SSSR count). The topological polar surface area (TPSA) is 116 Å². The van der Waals surface area contributed by atoms with Crippen molar-refractivity contribution in [2.45, 2.75) is 58.5 Å². The van der Waals surface area contributed by atoms with Gasteiger partial charge in [-0.3, -0.25) is 0 Å². The summed E-state index contributed by atoms with van der Waals surface area (Å²) in [6.07, 6.45) is 6.95. The highest BCUT2D eigenvalue weighted by Crippen LogP contribution is 2.28. The predicted octanol–water partition coefficient (Wildman–Crippen LogP) is 3.79. The number of nitrogens with zero attached hydrogens (tertiary/aromatic N) is 4. The molecule has 0 bridgehead atoms. The molecule has 32 heavy (non-hydrogen) atoms. The summed E-state index contributed by atoms with van der Waals surface area (Å²) in [4.78, 5) is 11.9. The molecule has 0 spiro atoms. The lowest BCUT2D eigenvalue weighted by atomic mass is 10.1. The van der Waals surface area contributed by atoms with Crippen LogP contribution in [0.3, 0.4) is 0 Å². The molecule has 0 aromatic carbocycles. The molecule has 8 nitrogen and oxygen atoms in total. The van der Waals surface area contributed by atoms with Gasteiger partial charge in [0.2, 0.25) is 10.0 Å². The summed E-state index contributed by atoms with van der Waals surface area (Å²) in [5.41, 5.74) is 7.76. The zero-order chi connectivity index (χ0) is 23.7. The lowest BCUT2D eigenvalue weighted by molar-refractivity contribution is 0.489. The van der Waals surface area contributed by atoms with Crippen LogP contribution in [-0.4, -0.2) is 39.2 Å². The molecule has 11 heteroatoms. The summed E-state index contributed by atoms with van der Waals surface area (Å²) < 4.78 is 44.2. The van der Waals surface area contributed by atoms with Gasteiger partial charge in [0.05, 0.1) is 5.75 Å². The zero-order valence-corrected chi connectivity index (χ0v) is 21.4.